The Labute approximate surface area is 146 Å². The Morgan fingerprint density at radius 1 is 1.33 bits per heavy atom. The Morgan fingerprint density at radius 2 is 2.12 bits per heavy atom. The van der Waals surface area contributed by atoms with Crippen molar-refractivity contribution < 1.29 is 4.79 Å². The van der Waals surface area contributed by atoms with Crippen LogP contribution in [0.5, 0.6) is 0 Å². The van der Waals surface area contributed by atoms with E-state index in [9.17, 15) is 10.1 Å². The first kappa shape index (κ1) is 16.8. The number of rotatable bonds is 4. The summed E-state index contributed by atoms with van der Waals surface area (Å²) >= 11 is 1.34. The van der Waals surface area contributed by atoms with E-state index in [0.29, 0.717) is 22.4 Å². The molecule has 0 atom stereocenters. The van der Waals surface area contributed by atoms with Crippen LogP contribution in [0.2, 0.25) is 0 Å². The van der Waals surface area contributed by atoms with Gasteiger partial charge >= 0.3 is 0 Å². The number of hydrogen-bond donors (Lipinski definition) is 1. The molecule has 1 aliphatic carbocycles. The maximum atomic E-state index is 12.2. The third kappa shape index (κ3) is 4.07. The minimum atomic E-state index is 0.0296. The first-order chi connectivity index (χ1) is 11.7. The summed E-state index contributed by atoms with van der Waals surface area (Å²) in [6, 6.07) is 10.3. The van der Waals surface area contributed by atoms with Gasteiger partial charge in [-0.15, -0.1) is 0 Å². The number of hydrogen-bond acceptors (Lipinski definition) is 4. The van der Waals surface area contributed by atoms with Crippen LogP contribution in [0.1, 0.15) is 43.2 Å². The number of amides is 1. The van der Waals surface area contributed by atoms with Gasteiger partial charge in [-0.2, -0.15) is 5.26 Å². The van der Waals surface area contributed by atoms with Crippen LogP contribution in [0.4, 0.5) is 0 Å². The molecule has 5 heteroatoms. The summed E-state index contributed by atoms with van der Waals surface area (Å²) < 4.78 is 0. The molecule has 0 spiro atoms. The molecule has 1 aromatic carbocycles. The van der Waals surface area contributed by atoms with Crippen LogP contribution in [0.25, 0.3) is 10.9 Å². The maximum absolute atomic E-state index is 12.2. The lowest BCUT2D eigenvalue weighted by molar-refractivity contribution is -0.119. The average Bonchev–Trinajstić information content (AvgIpc) is 2.60. The van der Waals surface area contributed by atoms with E-state index in [2.05, 4.69) is 16.4 Å². The number of nitriles is 1. The first-order valence-electron chi connectivity index (χ1n) is 8.39. The summed E-state index contributed by atoms with van der Waals surface area (Å²) in [5.74, 6) is 0.331. The standard InChI is InChI=1S/C19H21N3OS/c1-13-7-8-14-10-15(11-20)19(22-17(14)9-13)24-12-18(23)21-16-5-3-2-4-6-16/h7-10,16H,2-6,12H2,1H3,(H,21,23). The fourth-order valence-electron chi connectivity index (χ4n) is 3.10. The maximum Gasteiger partial charge on any atom is 0.230 e. The van der Waals surface area contributed by atoms with Crippen molar-refractivity contribution in [2.75, 3.05) is 5.75 Å². The van der Waals surface area contributed by atoms with Crippen molar-refractivity contribution >= 4 is 28.6 Å². The van der Waals surface area contributed by atoms with Gasteiger partial charge in [-0.25, -0.2) is 4.98 Å². The zero-order valence-corrected chi connectivity index (χ0v) is 14.7. The molecule has 0 radical (unpaired) electrons. The molecule has 0 saturated heterocycles. The van der Waals surface area contributed by atoms with E-state index < -0.39 is 0 Å². The van der Waals surface area contributed by atoms with Gasteiger partial charge in [-0.05, 0) is 37.5 Å². The molecule has 0 bridgehead atoms. The highest BCUT2D eigenvalue weighted by molar-refractivity contribution is 8.00. The van der Waals surface area contributed by atoms with E-state index in [4.69, 9.17) is 0 Å². The van der Waals surface area contributed by atoms with E-state index in [1.807, 2.05) is 31.2 Å². The Kier molecular flexibility index (Phi) is 5.37. The van der Waals surface area contributed by atoms with Gasteiger partial charge < -0.3 is 5.32 Å². The summed E-state index contributed by atoms with van der Waals surface area (Å²) in [4.78, 5) is 16.7. The van der Waals surface area contributed by atoms with Crippen molar-refractivity contribution in [3.63, 3.8) is 0 Å². The zero-order chi connectivity index (χ0) is 16.9. The average molecular weight is 339 g/mol. The van der Waals surface area contributed by atoms with Crippen molar-refractivity contribution in [2.24, 2.45) is 0 Å². The molecular formula is C19H21N3OS. The van der Waals surface area contributed by atoms with Gasteiger partial charge in [-0.1, -0.05) is 43.2 Å². The van der Waals surface area contributed by atoms with E-state index in [0.717, 1.165) is 29.3 Å². The highest BCUT2D eigenvalue weighted by Gasteiger charge is 2.16. The molecule has 0 aliphatic heterocycles. The van der Waals surface area contributed by atoms with Gasteiger partial charge in [0.15, 0.2) is 0 Å². The number of thioether (sulfide) groups is 1. The number of nitrogens with zero attached hydrogens (tertiary/aromatic N) is 2. The van der Waals surface area contributed by atoms with Crippen molar-refractivity contribution in [1.82, 2.24) is 10.3 Å². The van der Waals surface area contributed by atoms with Crippen molar-refractivity contribution in [3.05, 3.63) is 35.4 Å². The largest absolute Gasteiger partial charge is 0.353 e. The Morgan fingerprint density at radius 3 is 2.88 bits per heavy atom. The lowest BCUT2D eigenvalue weighted by Gasteiger charge is -2.22. The number of fused-ring (bicyclic) bond motifs is 1. The SMILES string of the molecule is Cc1ccc2cc(C#N)c(SCC(=O)NC3CCCCC3)nc2c1. The van der Waals surface area contributed by atoms with Crippen LogP contribution in [0, 0.1) is 18.3 Å². The molecule has 1 aromatic heterocycles. The fraction of sp³-hybridized carbons (Fsp3) is 0.421. The topological polar surface area (TPSA) is 65.8 Å². The van der Waals surface area contributed by atoms with Crippen LogP contribution < -0.4 is 5.32 Å². The summed E-state index contributed by atoms with van der Waals surface area (Å²) in [6.07, 6.45) is 5.82. The molecule has 1 amide bonds. The highest BCUT2D eigenvalue weighted by atomic mass is 32.2. The van der Waals surface area contributed by atoms with E-state index in [-0.39, 0.29) is 5.91 Å². The summed E-state index contributed by atoms with van der Waals surface area (Å²) in [5.41, 5.74) is 2.52. The smallest absolute Gasteiger partial charge is 0.230 e. The normalized spacial score (nSPS) is 15.2. The van der Waals surface area contributed by atoms with Gasteiger partial charge in [0.25, 0.3) is 0 Å². The second kappa shape index (κ2) is 7.67. The van der Waals surface area contributed by atoms with Gasteiger partial charge in [0, 0.05) is 11.4 Å². The van der Waals surface area contributed by atoms with Gasteiger partial charge in [-0.3, -0.25) is 4.79 Å². The van der Waals surface area contributed by atoms with Crippen LogP contribution in [0.3, 0.4) is 0 Å². The molecule has 1 fully saturated rings. The van der Waals surface area contributed by atoms with Gasteiger partial charge in [0.05, 0.1) is 16.8 Å². The molecule has 1 N–H and O–H groups in total. The van der Waals surface area contributed by atoms with Crippen LogP contribution in [-0.2, 0) is 4.79 Å². The molecule has 124 valence electrons. The van der Waals surface area contributed by atoms with E-state index in [1.54, 1.807) is 0 Å². The van der Waals surface area contributed by atoms with Crippen molar-refractivity contribution in [3.8, 4) is 6.07 Å². The van der Waals surface area contributed by atoms with Gasteiger partial charge in [0.2, 0.25) is 5.91 Å². The van der Waals surface area contributed by atoms with Crippen molar-refractivity contribution in [1.29, 1.82) is 5.26 Å². The fourth-order valence-corrected chi connectivity index (χ4v) is 3.87. The third-order valence-electron chi connectivity index (χ3n) is 4.37. The monoisotopic (exact) mass is 339 g/mol. The minimum absolute atomic E-state index is 0.0296. The lowest BCUT2D eigenvalue weighted by atomic mass is 9.95. The molecule has 0 unspecified atom stereocenters. The molecule has 3 rings (SSSR count). The lowest BCUT2D eigenvalue weighted by Crippen LogP contribution is -2.37. The number of benzene rings is 1. The molecule has 2 aromatic rings. The molecule has 24 heavy (non-hydrogen) atoms. The van der Waals surface area contributed by atoms with Crippen LogP contribution in [-0.4, -0.2) is 22.7 Å². The number of aryl methyl sites for hydroxylation is 1. The molecule has 1 saturated carbocycles. The number of pyridine rings is 1. The molecule has 1 heterocycles. The highest BCUT2D eigenvalue weighted by Crippen LogP contribution is 2.25. The van der Waals surface area contributed by atoms with Crippen molar-refractivity contribution in [2.45, 2.75) is 50.1 Å². The number of carbonyl (C=O) groups excluding carboxylic acids is 1. The van der Waals surface area contributed by atoms with E-state index >= 15 is 0 Å². The Bertz CT molecular complexity index is 791. The predicted octanol–water partition coefficient (Wildman–Crippen LogP) is 3.96. The number of aromatic nitrogens is 1. The van der Waals surface area contributed by atoms with Crippen LogP contribution >= 0.6 is 11.8 Å². The number of carbonyl (C=O) groups is 1. The molecule has 1 aliphatic rings. The summed E-state index contributed by atoms with van der Waals surface area (Å²) in [7, 11) is 0. The molecular weight excluding hydrogens is 318 g/mol. The first-order valence-corrected chi connectivity index (χ1v) is 9.38. The second-order valence-corrected chi connectivity index (χ2v) is 7.30. The van der Waals surface area contributed by atoms with Crippen LogP contribution in [0.15, 0.2) is 29.3 Å². The summed E-state index contributed by atoms with van der Waals surface area (Å²) in [6.45, 7) is 2.02. The Hall–Kier alpha value is -2.06. The minimum Gasteiger partial charge on any atom is -0.353 e. The third-order valence-corrected chi connectivity index (χ3v) is 5.36. The van der Waals surface area contributed by atoms with E-state index in [1.165, 1.54) is 31.0 Å². The predicted molar refractivity (Wildman–Crippen MR) is 96.9 cm³/mol. The second-order valence-electron chi connectivity index (χ2n) is 6.34. The Balaban J connectivity index is 1.69. The number of nitrogens with one attached hydrogen (secondary N) is 1. The molecule has 4 nitrogen and oxygen atoms in total. The quantitative estimate of drug-likeness (QED) is 0.856. The zero-order valence-electron chi connectivity index (χ0n) is 13.8. The summed E-state index contributed by atoms with van der Waals surface area (Å²) in [5, 5.41) is 14.0. The van der Waals surface area contributed by atoms with Gasteiger partial charge in [0.1, 0.15) is 11.1 Å².